The fourth-order valence-corrected chi connectivity index (χ4v) is 2.41. The summed E-state index contributed by atoms with van der Waals surface area (Å²) in [5, 5.41) is 7.19. The number of para-hydroxylation sites is 1. The Morgan fingerprint density at radius 2 is 2.30 bits per heavy atom. The van der Waals surface area contributed by atoms with Crippen LogP contribution in [0.25, 0.3) is 0 Å². The SMILES string of the molecule is C[C@H](C(=O)N[C@H]1CCOc2ccccc21)n1cccn1. The van der Waals surface area contributed by atoms with Crippen molar-refractivity contribution < 1.29 is 9.53 Å². The van der Waals surface area contributed by atoms with Gasteiger partial charge in [-0.2, -0.15) is 5.10 Å². The van der Waals surface area contributed by atoms with E-state index in [-0.39, 0.29) is 18.0 Å². The fourth-order valence-electron chi connectivity index (χ4n) is 2.41. The molecule has 0 saturated heterocycles. The standard InChI is InChI=1S/C15H17N3O2/c1-11(18-9-4-8-16-18)15(19)17-13-7-10-20-14-6-3-2-5-12(13)14/h2-6,8-9,11,13H,7,10H2,1H3,(H,17,19)/t11-,13+/m1/s1. The summed E-state index contributed by atoms with van der Waals surface area (Å²) < 4.78 is 7.25. The monoisotopic (exact) mass is 271 g/mol. The number of carbonyl (C=O) groups excluding carboxylic acids is 1. The van der Waals surface area contributed by atoms with Gasteiger partial charge < -0.3 is 10.1 Å². The number of rotatable bonds is 3. The van der Waals surface area contributed by atoms with E-state index in [1.165, 1.54) is 0 Å². The molecule has 2 aromatic rings. The highest BCUT2D eigenvalue weighted by molar-refractivity contribution is 5.80. The molecule has 2 atom stereocenters. The summed E-state index contributed by atoms with van der Waals surface area (Å²) in [6.07, 6.45) is 4.25. The molecule has 5 nitrogen and oxygen atoms in total. The lowest BCUT2D eigenvalue weighted by Crippen LogP contribution is -2.36. The summed E-state index contributed by atoms with van der Waals surface area (Å²) in [6, 6.07) is 9.33. The summed E-state index contributed by atoms with van der Waals surface area (Å²) in [7, 11) is 0. The Balaban J connectivity index is 1.74. The topological polar surface area (TPSA) is 56.1 Å². The third-order valence-electron chi connectivity index (χ3n) is 3.58. The molecule has 3 rings (SSSR count). The first-order chi connectivity index (χ1) is 9.75. The van der Waals surface area contributed by atoms with Crippen LogP contribution in [0.2, 0.25) is 0 Å². The molecule has 0 aliphatic carbocycles. The maximum Gasteiger partial charge on any atom is 0.245 e. The molecular weight excluding hydrogens is 254 g/mol. The van der Waals surface area contributed by atoms with Gasteiger partial charge in [-0.15, -0.1) is 0 Å². The Hall–Kier alpha value is -2.30. The summed E-state index contributed by atoms with van der Waals surface area (Å²) in [4.78, 5) is 12.3. The lowest BCUT2D eigenvalue weighted by atomic mass is 10.0. The third-order valence-corrected chi connectivity index (χ3v) is 3.58. The molecular formula is C15H17N3O2. The molecule has 2 heterocycles. The van der Waals surface area contributed by atoms with Crippen molar-refractivity contribution in [2.45, 2.75) is 25.4 Å². The molecule has 0 spiro atoms. The van der Waals surface area contributed by atoms with Gasteiger partial charge >= 0.3 is 0 Å². The second kappa shape index (κ2) is 5.36. The van der Waals surface area contributed by atoms with Crippen LogP contribution in [0.5, 0.6) is 5.75 Å². The number of benzene rings is 1. The van der Waals surface area contributed by atoms with E-state index >= 15 is 0 Å². The van der Waals surface area contributed by atoms with Gasteiger partial charge in [0.25, 0.3) is 0 Å². The number of carbonyl (C=O) groups is 1. The Labute approximate surface area is 117 Å². The van der Waals surface area contributed by atoms with Crippen molar-refractivity contribution in [3.8, 4) is 5.75 Å². The van der Waals surface area contributed by atoms with Gasteiger partial charge in [0.1, 0.15) is 11.8 Å². The number of nitrogens with one attached hydrogen (secondary N) is 1. The van der Waals surface area contributed by atoms with Crippen molar-refractivity contribution in [1.29, 1.82) is 0 Å². The number of amides is 1. The van der Waals surface area contributed by atoms with Crippen molar-refractivity contribution in [3.05, 3.63) is 48.3 Å². The molecule has 104 valence electrons. The van der Waals surface area contributed by atoms with Gasteiger partial charge in [-0.05, 0) is 19.1 Å². The maximum absolute atomic E-state index is 12.3. The van der Waals surface area contributed by atoms with Crippen LogP contribution in [0.15, 0.2) is 42.7 Å². The van der Waals surface area contributed by atoms with Gasteiger partial charge in [0.2, 0.25) is 5.91 Å². The molecule has 20 heavy (non-hydrogen) atoms. The minimum atomic E-state index is -0.319. The minimum absolute atomic E-state index is 0.00506. The second-order valence-electron chi connectivity index (χ2n) is 4.90. The lowest BCUT2D eigenvalue weighted by Gasteiger charge is -2.27. The third kappa shape index (κ3) is 2.39. The zero-order valence-electron chi connectivity index (χ0n) is 11.3. The predicted molar refractivity (Wildman–Crippen MR) is 74.4 cm³/mol. The average molecular weight is 271 g/mol. The Kier molecular flexibility index (Phi) is 3.41. The molecule has 1 N–H and O–H groups in total. The Morgan fingerprint density at radius 1 is 1.45 bits per heavy atom. The first-order valence-corrected chi connectivity index (χ1v) is 6.77. The number of ether oxygens (including phenoxy) is 1. The largest absolute Gasteiger partial charge is 0.493 e. The first-order valence-electron chi connectivity index (χ1n) is 6.77. The molecule has 0 bridgehead atoms. The van der Waals surface area contributed by atoms with Crippen LogP contribution in [0, 0.1) is 0 Å². The zero-order chi connectivity index (χ0) is 13.9. The molecule has 1 aliphatic heterocycles. The summed E-state index contributed by atoms with van der Waals surface area (Å²) >= 11 is 0. The van der Waals surface area contributed by atoms with Crippen LogP contribution < -0.4 is 10.1 Å². The molecule has 1 aliphatic rings. The summed E-state index contributed by atoms with van der Waals surface area (Å²) in [5.41, 5.74) is 1.04. The van der Waals surface area contributed by atoms with Crippen molar-refractivity contribution in [2.75, 3.05) is 6.61 Å². The molecule has 1 amide bonds. The molecule has 5 heteroatoms. The molecule has 0 unspecified atom stereocenters. The number of aromatic nitrogens is 2. The van der Waals surface area contributed by atoms with Crippen molar-refractivity contribution in [1.82, 2.24) is 15.1 Å². The molecule has 0 radical (unpaired) electrons. The van der Waals surface area contributed by atoms with Crippen LogP contribution in [0.4, 0.5) is 0 Å². The fraction of sp³-hybridized carbons (Fsp3) is 0.333. The van der Waals surface area contributed by atoms with Crippen LogP contribution >= 0.6 is 0 Å². The first kappa shape index (κ1) is 12.7. The molecule has 1 aromatic carbocycles. The normalized spacial score (nSPS) is 18.8. The number of hydrogen-bond donors (Lipinski definition) is 1. The van der Waals surface area contributed by atoms with Crippen LogP contribution in [0.3, 0.4) is 0 Å². The highest BCUT2D eigenvalue weighted by Crippen LogP contribution is 2.31. The minimum Gasteiger partial charge on any atom is -0.493 e. The molecule has 0 fully saturated rings. The number of nitrogens with zero attached hydrogens (tertiary/aromatic N) is 2. The van der Waals surface area contributed by atoms with Gasteiger partial charge in [0.15, 0.2) is 0 Å². The van der Waals surface area contributed by atoms with E-state index in [0.29, 0.717) is 6.61 Å². The van der Waals surface area contributed by atoms with Crippen LogP contribution in [0.1, 0.15) is 31.0 Å². The van der Waals surface area contributed by atoms with Gasteiger partial charge in [-0.1, -0.05) is 18.2 Å². The summed E-state index contributed by atoms with van der Waals surface area (Å²) in [5.74, 6) is 0.825. The molecule has 0 saturated carbocycles. The Morgan fingerprint density at radius 3 is 3.10 bits per heavy atom. The lowest BCUT2D eigenvalue weighted by molar-refractivity contribution is -0.125. The van der Waals surface area contributed by atoms with E-state index in [1.807, 2.05) is 37.3 Å². The van der Waals surface area contributed by atoms with Crippen molar-refractivity contribution in [2.24, 2.45) is 0 Å². The molecule has 1 aromatic heterocycles. The van der Waals surface area contributed by atoms with E-state index in [9.17, 15) is 4.79 Å². The quantitative estimate of drug-likeness (QED) is 0.930. The van der Waals surface area contributed by atoms with Crippen molar-refractivity contribution in [3.63, 3.8) is 0 Å². The smallest absolute Gasteiger partial charge is 0.245 e. The maximum atomic E-state index is 12.3. The van der Waals surface area contributed by atoms with E-state index in [1.54, 1.807) is 17.1 Å². The number of fused-ring (bicyclic) bond motifs is 1. The van der Waals surface area contributed by atoms with Gasteiger partial charge in [-0.25, -0.2) is 0 Å². The van der Waals surface area contributed by atoms with Gasteiger partial charge in [-0.3, -0.25) is 9.48 Å². The van der Waals surface area contributed by atoms with Crippen LogP contribution in [-0.4, -0.2) is 22.3 Å². The van der Waals surface area contributed by atoms with Gasteiger partial charge in [0.05, 0.1) is 12.6 Å². The van der Waals surface area contributed by atoms with E-state index in [2.05, 4.69) is 10.4 Å². The number of hydrogen-bond acceptors (Lipinski definition) is 3. The van der Waals surface area contributed by atoms with Crippen molar-refractivity contribution >= 4 is 5.91 Å². The van der Waals surface area contributed by atoms with E-state index in [0.717, 1.165) is 17.7 Å². The van der Waals surface area contributed by atoms with Gasteiger partial charge in [0, 0.05) is 24.4 Å². The van der Waals surface area contributed by atoms with E-state index in [4.69, 9.17) is 4.74 Å². The zero-order valence-corrected chi connectivity index (χ0v) is 11.3. The van der Waals surface area contributed by atoms with Crippen LogP contribution in [-0.2, 0) is 4.79 Å². The average Bonchev–Trinajstić information content (AvgIpc) is 3.01. The van der Waals surface area contributed by atoms with E-state index < -0.39 is 0 Å². The highest BCUT2D eigenvalue weighted by atomic mass is 16.5. The summed E-state index contributed by atoms with van der Waals surface area (Å²) in [6.45, 7) is 2.46. The highest BCUT2D eigenvalue weighted by Gasteiger charge is 2.25. The second-order valence-corrected chi connectivity index (χ2v) is 4.90. The predicted octanol–water partition coefficient (Wildman–Crippen LogP) is 2.08. The Bertz CT molecular complexity index is 595.